The molecule has 1 aromatic carbocycles. The second kappa shape index (κ2) is 4.93. The number of ether oxygens (including phenoxy) is 1. The second-order valence-electron chi connectivity index (χ2n) is 3.55. The molecule has 2 aromatic rings. The first-order valence-corrected chi connectivity index (χ1v) is 5.14. The number of nitrogens with zero attached hydrogens (tertiary/aromatic N) is 1. The maximum atomic E-state index is 13.2. The van der Waals surface area contributed by atoms with Crippen molar-refractivity contribution in [3.05, 3.63) is 47.9 Å². The fourth-order valence-corrected chi connectivity index (χ4v) is 1.62. The van der Waals surface area contributed by atoms with E-state index in [-0.39, 0.29) is 12.4 Å². The van der Waals surface area contributed by atoms with Gasteiger partial charge in [0.1, 0.15) is 5.82 Å². The lowest BCUT2D eigenvalue weighted by atomic mass is 10.0. The molecule has 0 fully saturated rings. The highest BCUT2D eigenvalue weighted by Gasteiger charge is 2.06. The van der Waals surface area contributed by atoms with E-state index in [4.69, 9.17) is 4.74 Å². The molecule has 0 amide bonds. The van der Waals surface area contributed by atoms with Crippen LogP contribution in [0.4, 0.5) is 4.39 Å². The van der Waals surface area contributed by atoms with Crippen molar-refractivity contribution in [2.24, 2.45) is 0 Å². The lowest BCUT2D eigenvalue weighted by Crippen LogP contribution is -1.92. The van der Waals surface area contributed by atoms with Crippen LogP contribution >= 0.6 is 0 Å². The minimum atomic E-state index is -0.340. The van der Waals surface area contributed by atoms with Gasteiger partial charge in [-0.25, -0.2) is 9.37 Å². The molecule has 0 unspecified atom stereocenters. The van der Waals surface area contributed by atoms with E-state index in [0.717, 1.165) is 5.56 Å². The van der Waals surface area contributed by atoms with Crippen LogP contribution < -0.4 is 4.74 Å². The van der Waals surface area contributed by atoms with E-state index in [2.05, 4.69) is 4.98 Å². The lowest BCUT2D eigenvalue weighted by molar-refractivity contribution is 0.282. The van der Waals surface area contributed by atoms with Crippen molar-refractivity contribution < 1.29 is 14.2 Å². The Hall–Kier alpha value is -1.94. The van der Waals surface area contributed by atoms with Gasteiger partial charge in [-0.2, -0.15) is 0 Å². The van der Waals surface area contributed by atoms with Gasteiger partial charge in [0, 0.05) is 17.8 Å². The molecule has 1 aromatic heterocycles. The van der Waals surface area contributed by atoms with E-state index in [1.807, 2.05) is 0 Å². The SMILES string of the molecule is COc1ccc(-c2cc(F)ccc2CO)cn1. The molecule has 17 heavy (non-hydrogen) atoms. The number of aromatic nitrogens is 1. The Labute approximate surface area is 98.5 Å². The summed E-state index contributed by atoms with van der Waals surface area (Å²) in [7, 11) is 1.53. The van der Waals surface area contributed by atoms with Gasteiger partial charge in [0.05, 0.1) is 13.7 Å². The van der Waals surface area contributed by atoms with Crippen LogP contribution in [0.5, 0.6) is 5.88 Å². The molecule has 1 N–H and O–H groups in total. The van der Waals surface area contributed by atoms with Crippen LogP contribution in [0, 0.1) is 5.82 Å². The monoisotopic (exact) mass is 233 g/mol. The minimum absolute atomic E-state index is 0.137. The molecule has 0 aliphatic heterocycles. The topological polar surface area (TPSA) is 42.4 Å². The minimum Gasteiger partial charge on any atom is -0.481 e. The van der Waals surface area contributed by atoms with Crippen molar-refractivity contribution in [2.75, 3.05) is 7.11 Å². The summed E-state index contributed by atoms with van der Waals surface area (Å²) in [6.45, 7) is -0.137. The van der Waals surface area contributed by atoms with Crippen molar-refractivity contribution >= 4 is 0 Å². The lowest BCUT2D eigenvalue weighted by Gasteiger charge is -2.08. The van der Waals surface area contributed by atoms with Gasteiger partial charge in [-0.3, -0.25) is 0 Å². The molecule has 88 valence electrons. The van der Waals surface area contributed by atoms with Gasteiger partial charge < -0.3 is 9.84 Å². The summed E-state index contributed by atoms with van der Waals surface area (Å²) in [4.78, 5) is 4.05. The number of hydrogen-bond donors (Lipinski definition) is 1. The van der Waals surface area contributed by atoms with Crippen molar-refractivity contribution in [3.8, 4) is 17.0 Å². The van der Waals surface area contributed by atoms with Crippen LogP contribution in [0.15, 0.2) is 36.5 Å². The zero-order valence-corrected chi connectivity index (χ0v) is 9.35. The van der Waals surface area contributed by atoms with Crippen molar-refractivity contribution in [2.45, 2.75) is 6.61 Å². The van der Waals surface area contributed by atoms with Crippen LogP contribution in [0.1, 0.15) is 5.56 Å². The molecule has 1 heterocycles. The third-order valence-corrected chi connectivity index (χ3v) is 2.50. The molecule has 4 heteroatoms. The number of pyridine rings is 1. The first-order valence-electron chi connectivity index (χ1n) is 5.14. The normalized spacial score (nSPS) is 10.3. The van der Waals surface area contributed by atoms with Crippen molar-refractivity contribution in [1.82, 2.24) is 4.98 Å². The Bertz CT molecular complexity index is 511. The average Bonchev–Trinajstić information content (AvgIpc) is 2.39. The highest BCUT2D eigenvalue weighted by atomic mass is 19.1. The molecular formula is C13H12FNO2. The van der Waals surface area contributed by atoms with Crippen LogP contribution in [0.2, 0.25) is 0 Å². The molecule has 3 nitrogen and oxygen atoms in total. The second-order valence-corrected chi connectivity index (χ2v) is 3.55. The highest BCUT2D eigenvalue weighted by Crippen LogP contribution is 2.25. The number of halogens is 1. The molecule has 0 saturated heterocycles. The molecular weight excluding hydrogens is 221 g/mol. The highest BCUT2D eigenvalue weighted by molar-refractivity contribution is 5.66. The molecule has 0 atom stereocenters. The maximum Gasteiger partial charge on any atom is 0.212 e. The van der Waals surface area contributed by atoms with Gasteiger partial charge in [-0.05, 0) is 29.3 Å². The Kier molecular flexibility index (Phi) is 3.35. The van der Waals surface area contributed by atoms with Gasteiger partial charge in [-0.1, -0.05) is 6.07 Å². The molecule has 0 aliphatic carbocycles. The van der Waals surface area contributed by atoms with Gasteiger partial charge in [0.25, 0.3) is 0 Å². The third-order valence-electron chi connectivity index (χ3n) is 2.50. The van der Waals surface area contributed by atoms with E-state index >= 15 is 0 Å². The number of rotatable bonds is 3. The Morgan fingerprint density at radius 3 is 2.71 bits per heavy atom. The van der Waals surface area contributed by atoms with Gasteiger partial charge in [0.15, 0.2) is 0 Å². The van der Waals surface area contributed by atoms with E-state index in [9.17, 15) is 9.50 Å². The largest absolute Gasteiger partial charge is 0.481 e. The number of aliphatic hydroxyl groups excluding tert-OH is 1. The molecule has 0 saturated carbocycles. The molecule has 0 spiro atoms. The smallest absolute Gasteiger partial charge is 0.212 e. The van der Waals surface area contributed by atoms with Crippen LogP contribution in [0.3, 0.4) is 0 Å². The summed E-state index contributed by atoms with van der Waals surface area (Å²) in [5.74, 6) is 0.156. The quantitative estimate of drug-likeness (QED) is 0.885. The van der Waals surface area contributed by atoms with Crippen LogP contribution in [-0.2, 0) is 6.61 Å². The van der Waals surface area contributed by atoms with Crippen LogP contribution in [0.25, 0.3) is 11.1 Å². The number of methoxy groups -OCH3 is 1. The van der Waals surface area contributed by atoms with E-state index in [0.29, 0.717) is 17.0 Å². The molecule has 0 aliphatic rings. The van der Waals surface area contributed by atoms with E-state index in [1.54, 1.807) is 24.4 Å². The fraction of sp³-hybridized carbons (Fsp3) is 0.154. The maximum absolute atomic E-state index is 13.2. The summed E-state index contributed by atoms with van der Waals surface area (Å²) in [5, 5.41) is 9.20. The van der Waals surface area contributed by atoms with Gasteiger partial charge in [-0.15, -0.1) is 0 Å². The average molecular weight is 233 g/mol. The predicted octanol–water partition coefficient (Wildman–Crippen LogP) is 2.39. The third kappa shape index (κ3) is 2.42. The standard InChI is InChI=1S/C13H12FNO2/c1-17-13-5-3-9(7-15-13)12-6-11(14)4-2-10(12)8-16/h2-7,16H,8H2,1H3. The number of hydrogen-bond acceptors (Lipinski definition) is 3. The Morgan fingerprint density at radius 1 is 1.29 bits per heavy atom. The molecule has 0 bridgehead atoms. The fourth-order valence-electron chi connectivity index (χ4n) is 1.62. The van der Waals surface area contributed by atoms with E-state index < -0.39 is 0 Å². The van der Waals surface area contributed by atoms with Crippen molar-refractivity contribution in [3.63, 3.8) is 0 Å². The zero-order chi connectivity index (χ0) is 12.3. The Balaban J connectivity index is 2.47. The van der Waals surface area contributed by atoms with Gasteiger partial charge >= 0.3 is 0 Å². The Morgan fingerprint density at radius 2 is 2.12 bits per heavy atom. The number of benzene rings is 1. The first kappa shape index (κ1) is 11.5. The first-order chi connectivity index (χ1) is 8.24. The zero-order valence-electron chi connectivity index (χ0n) is 9.35. The summed E-state index contributed by atoms with van der Waals surface area (Å²) in [6, 6.07) is 7.75. The molecule has 2 rings (SSSR count). The molecule has 0 radical (unpaired) electrons. The summed E-state index contributed by atoms with van der Waals surface area (Å²) >= 11 is 0. The van der Waals surface area contributed by atoms with Crippen LogP contribution in [-0.4, -0.2) is 17.2 Å². The van der Waals surface area contributed by atoms with Gasteiger partial charge in [0.2, 0.25) is 5.88 Å². The summed E-state index contributed by atoms with van der Waals surface area (Å²) in [6.07, 6.45) is 1.59. The number of aliphatic hydroxyl groups is 1. The van der Waals surface area contributed by atoms with E-state index in [1.165, 1.54) is 19.2 Å². The summed E-state index contributed by atoms with van der Waals surface area (Å²) in [5.41, 5.74) is 2.05. The summed E-state index contributed by atoms with van der Waals surface area (Å²) < 4.78 is 18.1. The van der Waals surface area contributed by atoms with Crippen molar-refractivity contribution in [1.29, 1.82) is 0 Å². The predicted molar refractivity (Wildman–Crippen MR) is 62.1 cm³/mol.